The molecule has 1 fully saturated rings. The Morgan fingerprint density at radius 2 is 2.16 bits per heavy atom. The number of imidazole rings is 1. The van der Waals surface area contributed by atoms with Gasteiger partial charge in [0.25, 0.3) is 5.78 Å². The van der Waals surface area contributed by atoms with Crippen molar-refractivity contribution in [1.29, 1.82) is 0 Å². The summed E-state index contributed by atoms with van der Waals surface area (Å²) < 4.78 is 1.82. The lowest BCUT2D eigenvalue weighted by Crippen LogP contribution is -2.44. The van der Waals surface area contributed by atoms with E-state index in [1.54, 1.807) is 12.4 Å². The van der Waals surface area contributed by atoms with E-state index in [-0.39, 0.29) is 5.54 Å². The zero-order valence-electron chi connectivity index (χ0n) is 10.2. The number of nitrogens with one attached hydrogen (secondary N) is 1. The van der Waals surface area contributed by atoms with E-state index in [4.69, 9.17) is 5.73 Å². The van der Waals surface area contributed by atoms with Crippen molar-refractivity contribution >= 4 is 5.78 Å². The van der Waals surface area contributed by atoms with E-state index in [1.165, 1.54) is 0 Å². The van der Waals surface area contributed by atoms with Gasteiger partial charge in [-0.2, -0.15) is 0 Å². The molecule has 1 aliphatic rings. The van der Waals surface area contributed by atoms with Crippen LogP contribution in [-0.4, -0.2) is 29.5 Å². The van der Waals surface area contributed by atoms with Crippen LogP contribution in [0.3, 0.4) is 0 Å². The number of nitrogens with zero attached hydrogens (tertiary/aromatic N) is 5. The van der Waals surface area contributed by atoms with Gasteiger partial charge in [-0.15, -0.1) is 10.2 Å². The second-order valence-corrected chi connectivity index (χ2v) is 4.97. The zero-order chi connectivity index (χ0) is 12.9. The van der Waals surface area contributed by atoms with Crippen LogP contribution >= 0.6 is 0 Å². The van der Waals surface area contributed by atoms with Crippen LogP contribution < -0.4 is 5.73 Å². The van der Waals surface area contributed by atoms with E-state index in [1.807, 2.05) is 16.7 Å². The van der Waals surface area contributed by atoms with Gasteiger partial charge in [0.05, 0.1) is 11.7 Å². The molecule has 4 rings (SSSR count). The molecule has 0 amide bonds. The van der Waals surface area contributed by atoms with Gasteiger partial charge in [0.2, 0.25) is 0 Å². The summed E-state index contributed by atoms with van der Waals surface area (Å²) in [6.45, 7) is 0. The molecule has 19 heavy (non-hydrogen) atoms. The molecule has 3 aromatic rings. The van der Waals surface area contributed by atoms with Crippen LogP contribution in [0.5, 0.6) is 0 Å². The van der Waals surface area contributed by atoms with Crippen LogP contribution in [0.2, 0.25) is 0 Å². The predicted octanol–water partition coefficient (Wildman–Crippen LogP) is 0.852. The van der Waals surface area contributed by atoms with Crippen LogP contribution in [-0.2, 0) is 5.54 Å². The average Bonchev–Trinajstić information content (AvgIpc) is 3.02. The maximum Gasteiger partial charge on any atom is 0.255 e. The quantitative estimate of drug-likeness (QED) is 0.707. The molecule has 0 bridgehead atoms. The van der Waals surface area contributed by atoms with Crippen molar-refractivity contribution < 1.29 is 0 Å². The van der Waals surface area contributed by atoms with E-state index in [2.05, 4.69) is 25.1 Å². The van der Waals surface area contributed by atoms with E-state index in [9.17, 15) is 0 Å². The van der Waals surface area contributed by atoms with Gasteiger partial charge in [-0.3, -0.25) is 4.40 Å². The number of H-pyrrole nitrogens is 1. The van der Waals surface area contributed by atoms with Crippen molar-refractivity contribution in [3.63, 3.8) is 0 Å². The molecule has 0 radical (unpaired) electrons. The molecule has 0 saturated heterocycles. The maximum atomic E-state index is 6.25. The topological polar surface area (TPSA) is 97.8 Å². The molecule has 0 spiro atoms. The number of hydrogen-bond acceptors (Lipinski definition) is 5. The summed E-state index contributed by atoms with van der Waals surface area (Å²) >= 11 is 0. The van der Waals surface area contributed by atoms with E-state index in [0.29, 0.717) is 11.6 Å². The van der Waals surface area contributed by atoms with Gasteiger partial charge in [0.15, 0.2) is 5.82 Å². The van der Waals surface area contributed by atoms with Gasteiger partial charge in [0, 0.05) is 12.4 Å². The number of aromatic nitrogens is 6. The molecule has 1 saturated carbocycles. The fourth-order valence-electron chi connectivity index (χ4n) is 2.41. The third-order valence-corrected chi connectivity index (χ3v) is 3.72. The van der Waals surface area contributed by atoms with Crippen LogP contribution in [0.25, 0.3) is 17.3 Å². The Labute approximate surface area is 108 Å². The molecule has 0 unspecified atom stereocenters. The fraction of sp³-hybridized carbons (Fsp3) is 0.333. The Morgan fingerprint density at radius 3 is 2.95 bits per heavy atom. The van der Waals surface area contributed by atoms with E-state index >= 15 is 0 Å². The minimum atomic E-state index is -0.295. The lowest BCUT2D eigenvalue weighted by Gasteiger charge is -2.35. The minimum Gasteiger partial charge on any atom is -0.338 e. The Hall–Kier alpha value is -2.28. The molecule has 3 N–H and O–H groups in total. The summed E-state index contributed by atoms with van der Waals surface area (Å²) in [5.41, 5.74) is 6.77. The van der Waals surface area contributed by atoms with Crippen LogP contribution in [0, 0.1) is 0 Å². The monoisotopic (exact) mass is 255 g/mol. The number of rotatable bonds is 2. The van der Waals surface area contributed by atoms with Crippen molar-refractivity contribution in [2.75, 3.05) is 0 Å². The fourth-order valence-corrected chi connectivity index (χ4v) is 2.41. The van der Waals surface area contributed by atoms with Gasteiger partial charge in [0.1, 0.15) is 11.5 Å². The predicted molar refractivity (Wildman–Crippen MR) is 68.1 cm³/mol. The van der Waals surface area contributed by atoms with Gasteiger partial charge >= 0.3 is 0 Å². The molecule has 1 aliphatic carbocycles. The highest BCUT2D eigenvalue weighted by atomic mass is 15.3. The summed E-state index contributed by atoms with van der Waals surface area (Å²) in [5.74, 6) is 2.10. The van der Waals surface area contributed by atoms with Crippen LogP contribution in [0.1, 0.15) is 25.1 Å². The molecule has 3 aromatic heterocycles. The highest BCUT2D eigenvalue weighted by Crippen LogP contribution is 2.37. The minimum absolute atomic E-state index is 0.295. The first-order chi connectivity index (χ1) is 9.26. The van der Waals surface area contributed by atoms with Crippen molar-refractivity contribution in [2.24, 2.45) is 5.73 Å². The Balaban J connectivity index is 1.80. The molecular formula is C12H13N7. The number of aromatic amines is 1. The largest absolute Gasteiger partial charge is 0.338 e. The Bertz CT molecular complexity index is 737. The average molecular weight is 255 g/mol. The molecule has 96 valence electrons. The highest BCUT2D eigenvalue weighted by molar-refractivity contribution is 5.52. The van der Waals surface area contributed by atoms with Gasteiger partial charge in [-0.25, -0.2) is 9.97 Å². The molecule has 0 aliphatic heterocycles. The summed E-state index contributed by atoms with van der Waals surface area (Å²) in [6.07, 6.45) is 8.43. The molecule has 0 atom stereocenters. The molecule has 7 heteroatoms. The van der Waals surface area contributed by atoms with Gasteiger partial charge in [-0.05, 0) is 25.3 Å². The SMILES string of the molecule is NC1(c2ncc(-c3nnc4ncccn34)[nH]2)CCC1. The summed E-state index contributed by atoms with van der Waals surface area (Å²) in [7, 11) is 0. The first kappa shape index (κ1) is 10.6. The number of fused-ring (bicyclic) bond motifs is 1. The molecule has 3 heterocycles. The van der Waals surface area contributed by atoms with Gasteiger partial charge in [-0.1, -0.05) is 0 Å². The second-order valence-electron chi connectivity index (χ2n) is 4.97. The van der Waals surface area contributed by atoms with E-state index in [0.717, 1.165) is 30.8 Å². The Morgan fingerprint density at radius 1 is 1.26 bits per heavy atom. The lowest BCUT2D eigenvalue weighted by molar-refractivity contribution is 0.240. The lowest BCUT2D eigenvalue weighted by atomic mass is 9.77. The molecule has 0 aromatic carbocycles. The first-order valence-electron chi connectivity index (χ1n) is 6.27. The number of nitrogens with two attached hydrogens (primary N) is 1. The molecular weight excluding hydrogens is 242 g/mol. The summed E-state index contributed by atoms with van der Waals surface area (Å²) in [5, 5.41) is 8.17. The number of hydrogen-bond donors (Lipinski definition) is 2. The van der Waals surface area contributed by atoms with Crippen molar-refractivity contribution in [3.05, 3.63) is 30.5 Å². The summed E-state index contributed by atoms with van der Waals surface area (Å²) in [4.78, 5) is 11.8. The van der Waals surface area contributed by atoms with Crippen molar-refractivity contribution in [3.8, 4) is 11.5 Å². The molecule has 7 nitrogen and oxygen atoms in total. The standard InChI is InChI=1S/C12H13N7/c13-12(3-1-4-12)10-15-7-8(16-10)9-17-18-11-14-5-2-6-19(9)11/h2,5-7H,1,3-4,13H2,(H,15,16). The third kappa shape index (κ3) is 1.48. The van der Waals surface area contributed by atoms with Gasteiger partial charge < -0.3 is 10.7 Å². The van der Waals surface area contributed by atoms with E-state index < -0.39 is 0 Å². The zero-order valence-corrected chi connectivity index (χ0v) is 10.2. The van der Waals surface area contributed by atoms with Crippen molar-refractivity contribution in [2.45, 2.75) is 24.8 Å². The maximum absolute atomic E-state index is 6.25. The third-order valence-electron chi connectivity index (χ3n) is 3.72. The van der Waals surface area contributed by atoms with Crippen LogP contribution in [0.15, 0.2) is 24.7 Å². The normalized spacial score (nSPS) is 17.5. The summed E-state index contributed by atoms with van der Waals surface area (Å²) in [6, 6.07) is 1.84. The van der Waals surface area contributed by atoms with Crippen molar-refractivity contribution in [1.82, 2.24) is 29.5 Å². The first-order valence-corrected chi connectivity index (χ1v) is 6.27. The Kier molecular flexibility index (Phi) is 2.02. The van der Waals surface area contributed by atoms with Crippen LogP contribution in [0.4, 0.5) is 0 Å². The highest BCUT2D eigenvalue weighted by Gasteiger charge is 2.37. The smallest absolute Gasteiger partial charge is 0.255 e. The second kappa shape index (κ2) is 3.61.